The number of methoxy groups -OCH3 is 4. The zero-order valence-corrected chi connectivity index (χ0v) is 32.9. The first-order chi connectivity index (χ1) is 24.0. The van der Waals surface area contributed by atoms with Crippen LogP contribution in [0, 0.1) is 56.7 Å². The summed E-state index contributed by atoms with van der Waals surface area (Å²) in [7, 11) is 6.22. The summed E-state index contributed by atoms with van der Waals surface area (Å²) in [5.74, 6) is 2.69. The fourth-order valence-corrected chi connectivity index (χ4v) is 12.8. The second-order valence-corrected chi connectivity index (χ2v) is 18.0. The van der Waals surface area contributed by atoms with Crippen LogP contribution in [-0.2, 0) is 19.1 Å². The molecule has 4 fully saturated rings. The van der Waals surface area contributed by atoms with Crippen LogP contribution < -0.4 is 14.2 Å². The molecule has 6 rings (SSSR count). The molecule has 0 aliphatic heterocycles. The number of aliphatic hydroxyl groups is 1. The summed E-state index contributed by atoms with van der Waals surface area (Å²) in [6.07, 6.45) is 11.6. The Balaban J connectivity index is 1.31. The summed E-state index contributed by atoms with van der Waals surface area (Å²) in [6, 6.07) is 3.55. The lowest BCUT2D eigenvalue weighted by atomic mass is 9.33. The van der Waals surface area contributed by atoms with Crippen LogP contribution in [0.1, 0.15) is 105 Å². The molecule has 0 saturated heterocycles. The molecular formula is C43H62O8. The van der Waals surface area contributed by atoms with Gasteiger partial charge in [0, 0.05) is 6.08 Å². The van der Waals surface area contributed by atoms with Crippen LogP contribution >= 0.6 is 0 Å². The predicted molar refractivity (Wildman–Crippen MR) is 197 cm³/mol. The van der Waals surface area contributed by atoms with Gasteiger partial charge in [0.2, 0.25) is 5.75 Å². The maximum absolute atomic E-state index is 13.7. The number of benzene rings is 1. The highest BCUT2D eigenvalue weighted by atomic mass is 16.6. The van der Waals surface area contributed by atoms with Gasteiger partial charge in [-0.3, -0.25) is 4.79 Å². The molecule has 0 radical (unpaired) electrons. The molecule has 11 atom stereocenters. The van der Waals surface area contributed by atoms with Crippen molar-refractivity contribution in [3.63, 3.8) is 0 Å². The molecule has 282 valence electrons. The third-order valence-corrected chi connectivity index (χ3v) is 15.9. The quantitative estimate of drug-likeness (QED) is 0.171. The molecule has 8 heteroatoms. The van der Waals surface area contributed by atoms with Crippen molar-refractivity contribution in [1.82, 2.24) is 0 Å². The van der Waals surface area contributed by atoms with Gasteiger partial charge in [0.15, 0.2) is 11.5 Å². The molecule has 5 aliphatic rings. The predicted octanol–water partition coefficient (Wildman–Crippen LogP) is 8.44. The van der Waals surface area contributed by atoms with E-state index >= 15 is 0 Å². The van der Waals surface area contributed by atoms with Gasteiger partial charge in [-0.2, -0.15) is 0 Å². The van der Waals surface area contributed by atoms with E-state index in [1.807, 2.05) is 0 Å². The molecule has 0 amide bonds. The molecule has 0 heterocycles. The van der Waals surface area contributed by atoms with Crippen molar-refractivity contribution in [3.8, 4) is 17.2 Å². The Hall–Kier alpha value is -3.00. The largest absolute Gasteiger partial charge is 0.493 e. The number of carbonyl (C=O) groups is 2. The van der Waals surface area contributed by atoms with Crippen molar-refractivity contribution in [2.24, 2.45) is 56.7 Å². The maximum atomic E-state index is 13.7. The van der Waals surface area contributed by atoms with Gasteiger partial charge in [0.05, 0.1) is 40.0 Å². The highest BCUT2D eigenvalue weighted by Crippen LogP contribution is 2.76. The van der Waals surface area contributed by atoms with E-state index in [0.29, 0.717) is 47.0 Å². The van der Waals surface area contributed by atoms with E-state index in [1.54, 1.807) is 46.6 Å². The zero-order valence-electron chi connectivity index (χ0n) is 32.9. The summed E-state index contributed by atoms with van der Waals surface area (Å²) < 4.78 is 28.2. The number of fused-ring (bicyclic) bond motifs is 7. The minimum atomic E-state index is -0.788. The minimum absolute atomic E-state index is 0.00959. The third-order valence-electron chi connectivity index (χ3n) is 15.9. The number of hydrogen-bond acceptors (Lipinski definition) is 8. The Bertz CT molecular complexity index is 1570. The van der Waals surface area contributed by atoms with Gasteiger partial charge in [-0.15, -0.1) is 0 Å². The molecule has 0 bridgehead atoms. The van der Waals surface area contributed by atoms with E-state index in [0.717, 1.165) is 44.9 Å². The number of ether oxygens (including phenoxy) is 5. The van der Waals surface area contributed by atoms with E-state index in [4.69, 9.17) is 23.7 Å². The molecule has 5 aliphatic carbocycles. The van der Waals surface area contributed by atoms with E-state index < -0.39 is 29.0 Å². The van der Waals surface area contributed by atoms with E-state index in [9.17, 15) is 14.7 Å². The molecular weight excluding hydrogens is 644 g/mol. The van der Waals surface area contributed by atoms with Gasteiger partial charge < -0.3 is 28.8 Å². The number of allylic oxidation sites excluding steroid dienone is 2. The lowest BCUT2D eigenvalue weighted by Crippen LogP contribution is -2.67. The van der Waals surface area contributed by atoms with Gasteiger partial charge in [-0.05, 0) is 126 Å². The molecule has 51 heavy (non-hydrogen) atoms. The fourth-order valence-electron chi connectivity index (χ4n) is 12.8. The number of hydrogen-bond donors (Lipinski definition) is 1. The monoisotopic (exact) mass is 706 g/mol. The van der Waals surface area contributed by atoms with E-state index in [1.165, 1.54) is 11.6 Å². The second-order valence-electron chi connectivity index (χ2n) is 18.0. The summed E-state index contributed by atoms with van der Waals surface area (Å²) in [5.41, 5.74) is 1.05. The lowest BCUT2D eigenvalue weighted by Gasteiger charge is -2.71. The zero-order chi connectivity index (χ0) is 37.3. The van der Waals surface area contributed by atoms with E-state index in [-0.39, 0.29) is 34.1 Å². The van der Waals surface area contributed by atoms with Crippen molar-refractivity contribution >= 4 is 18.0 Å². The van der Waals surface area contributed by atoms with Crippen molar-refractivity contribution in [2.75, 3.05) is 28.4 Å². The van der Waals surface area contributed by atoms with Gasteiger partial charge in [0.1, 0.15) is 6.10 Å². The summed E-state index contributed by atoms with van der Waals surface area (Å²) in [6.45, 7) is 16.5. The maximum Gasteiger partial charge on any atom is 0.331 e. The van der Waals surface area contributed by atoms with Crippen molar-refractivity contribution < 1.29 is 38.4 Å². The van der Waals surface area contributed by atoms with E-state index in [2.05, 4.69) is 54.5 Å². The molecule has 1 aromatic carbocycles. The summed E-state index contributed by atoms with van der Waals surface area (Å²) in [5, 5.41) is 11.9. The Labute approximate surface area is 305 Å². The second kappa shape index (κ2) is 13.1. The molecule has 3 unspecified atom stereocenters. The Morgan fingerprint density at radius 3 is 2.14 bits per heavy atom. The topological polar surface area (TPSA) is 101 Å². The first-order valence-corrected chi connectivity index (χ1v) is 19.1. The van der Waals surface area contributed by atoms with Crippen LogP contribution in [0.2, 0.25) is 0 Å². The smallest absolute Gasteiger partial charge is 0.331 e. The number of aliphatic hydroxyl groups excluding tert-OH is 1. The van der Waals surface area contributed by atoms with Gasteiger partial charge in [-0.1, -0.05) is 60.1 Å². The van der Waals surface area contributed by atoms with Crippen molar-refractivity contribution in [3.05, 3.63) is 35.4 Å². The third kappa shape index (κ3) is 5.46. The summed E-state index contributed by atoms with van der Waals surface area (Å²) in [4.78, 5) is 27.1. The average Bonchev–Trinajstić information content (AvgIpc) is 3.10. The molecule has 1 aromatic rings. The highest BCUT2D eigenvalue weighted by Gasteiger charge is 2.70. The molecule has 0 spiro atoms. The Morgan fingerprint density at radius 1 is 0.863 bits per heavy atom. The van der Waals surface area contributed by atoms with Gasteiger partial charge in [-0.25, -0.2) is 4.79 Å². The molecule has 8 nitrogen and oxygen atoms in total. The van der Waals surface area contributed by atoms with Crippen LogP contribution in [0.5, 0.6) is 17.2 Å². The normalized spacial score (nSPS) is 41.2. The van der Waals surface area contributed by atoms with Crippen molar-refractivity contribution in [1.29, 1.82) is 0 Å². The van der Waals surface area contributed by atoms with Crippen LogP contribution in [0.3, 0.4) is 0 Å². The standard InChI is InChI=1S/C43H62O8/c1-25-16-19-43(38(46)50-11)21-20-41(6)28(35(43)26(25)2)13-14-33-40(5)24-31(37(45)39(3,4)32(40)17-18-42(33,41)7)51-34(44)15-12-27-22-29(47-8)36(49-10)30(23-27)48-9/h12-13,15,22-23,25-26,31-33,35,37,45H,14,16-21,24H2,1-11H3/b15-12+/t25-,26+,31-,32?,33?,35?,37+,40+,41-,42-,43+/m1/s1. The fraction of sp³-hybridized carbons (Fsp3) is 0.721. The first kappa shape index (κ1) is 37.7. The Morgan fingerprint density at radius 2 is 1.53 bits per heavy atom. The molecule has 0 aromatic heterocycles. The number of esters is 2. The lowest BCUT2D eigenvalue weighted by molar-refractivity contribution is -0.237. The van der Waals surface area contributed by atoms with Gasteiger partial charge in [0.25, 0.3) is 0 Å². The number of carbonyl (C=O) groups excluding carboxylic acids is 2. The van der Waals surface area contributed by atoms with Crippen LogP contribution in [-0.4, -0.2) is 57.7 Å². The first-order valence-electron chi connectivity index (χ1n) is 19.1. The van der Waals surface area contributed by atoms with Crippen LogP contribution in [0.4, 0.5) is 0 Å². The SMILES string of the molecule is COC(=O)[C@]12CC[C@@H](C)[C@H](C)C1C1=CCC3[C@@]4(C)C[C@@H](OC(=O)/C=C/c5cc(OC)c(OC)c(OC)c5)[C@H](O)C(C)(C)C4CC[C@@]3(C)[C@]1(C)CC2. The van der Waals surface area contributed by atoms with Crippen LogP contribution in [0.15, 0.2) is 29.9 Å². The highest BCUT2D eigenvalue weighted by molar-refractivity contribution is 5.87. The minimum Gasteiger partial charge on any atom is -0.493 e. The molecule has 4 saturated carbocycles. The Kier molecular flexibility index (Phi) is 9.73. The van der Waals surface area contributed by atoms with Crippen molar-refractivity contribution in [2.45, 2.75) is 112 Å². The van der Waals surface area contributed by atoms with Crippen LogP contribution in [0.25, 0.3) is 6.08 Å². The average molecular weight is 707 g/mol. The number of rotatable bonds is 7. The molecule has 1 N–H and O–H groups in total. The van der Waals surface area contributed by atoms with Gasteiger partial charge >= 0.3 is 11.9 Å². The summed E-state index contributed by atoms with van der Waals surface area (Å²) >= 11 is 0.